The van der Waals surface area contributed by atoms with Crippen molar-refractivity contribution in [3.8, 4) is 0 Å². The average Bonchev–Trinajstić information content (AvgIpc) is 2.42. The standard InChI is InChI=1S/C15H12BrF2NO/c1-8-3-5-10(7-11(8)16)15(20)19-14-12(17)6-4-9(2)13(14)18/h3-7H,1-2H3,(H,19,20). The van der Waals surface area contributed by atoms with Crippen molar-refractivity contribution < 1.29 is 13.6 Å². The van der Waals surface area contributed by atoms with Crippen molar-refractivity contribution in [3.63, 3.8) is 0 Å². The van der Waals surface area contributed by atoms with E-state index in [9.17, 15) is 13.6 Å². The maximum atomic E-state index is 13.8. The topological polar surface area (TPSA) is 29.1 Å². The highest BCUT2D eigenvalue weighted by molar-refractivity contribution is 9.10. The fourth-order valence-corrected chi connectivity index (χ4v) is 2.07. The summed E-state index contributed by atoms with van der Waals surface area (Å²) in [6.07, 6.45) is 0. The molecular weight excluding hydrogens is 328 g/mol. The van der Waals surface area contributed by atoms with Crippen molar-refractivity contribution >= 4 is 27.5 Å². The van der Waals surface area contributed by atoms with Crippen LogP contribution < -0.4 is 5.32 Å². The molecular formula is C15H12BrF2NO. The largest absolute Gasteiger partial charge is 0.317 e. The zero-order valence-corrected chi connectivity index (χ0v) is 12.5. The summed E-state index contributed by atoms with van der Waals surface area (Å²) in [7, 11) is 0. The molecule has 1 amide bonds. The Morgan fingerprint density at radius 1 is 1.10 bits per heavy atom. The Balaban J connectivity index is 2.32. The Bertz CT molecular complexity index is 686. The van der Waals surface area contributed by atoms with Crippen molar-refractivity contribution in [1.82, 2.24) is 0 Å². The highest BCUT2D eigenvalue weighted by atomic mass is 79.9. The Labute approximate surface area is 123 Å². The Kier molecular flexibility index (Phi) is 4.18. The molecule has 0 aliphatic carbocycles. The van der Waals surface area contributed by atoms with Gasteiger partial charge in [0.2, 0.25) is 0 Å². The van der Waals surface area contributed by atoms with Crippen LogP contribution in [-0.4, -0.2) is 5.91 Å². The Morgan fingerprint density at radius 3 is 2.40 bits per heavy atom. The van der Waals surface area contributed by atoms with Crippen LogP contribution in [0.25, 0.3) is 0 Å². The number of halogens is 3. The number of amides is 1. The number of benzene rings is 2. The Morgan fingerprint density at radius 2 is 1.75 bits per heavy atom. The van der Waals surface area contributed by atoms with E-state index in [4.69, 9.17) is 0 Å². The van der Waals surface area contributed by atoms with Crippen LogP contribution in [0.5, 0.6) is 0 Å². The minimum atomic E-state index is -0.798. The summed E-state index contributed by atoms with van der Waals surface area (Å²) in [6.45, 7) is 3.39. The third-order valence-electron chi connectivity index (χ3n) is 2.96. The van der Waals surface area contributed by atoms with Gasteiger partial charge in [0, 0.05) is 10.0 Å². The van der Waals surface area contributed by atoms with Crippen LogP contribution in [0.3, 0.4) is 0 Å². The predicted octanol–water partition coefficient (Wildman–Crippen LogP) is 4.60. The smallest absolute Gasteiger partial charge is 0.255 e. The second-order valence-corrected chi connectivity index (χ2v) is 5.33. The molecule has 20 heavy (non-hydrogen) atoms. The molecule has 0 atom stereocenters. The van der Waals surface area contributed by atoms with Crippen LogP contribution in [0.15, 0.2) is 34.8 Å². The second-order valence-electron chi connectivity index (χ2n) is 4.47. The summed E-state index contributed by atoms with van der Waals surface area (Å²) in [6, 6.07) is 7.40. The van der Waals surface area contributed by atoms with Gasteiger partial charge in [-0.25, -0.2) is 8.78 Å². The molecule has 0 saturated heterocycles. The molecule has 5 heteroatoms. The molecule has 0 aliphatic heterocycles. The molecule has 0 bridgehead atoms. The Hall–Kier alpha value is -1.75. The van der Waals surface area contributed by atoms with E-state index in [2.05, 4.69) is 21.2 Å². The SMILES string of the molecule is Cc1ccc(C(=O)Nc2c(F)ccc(C)c2F)cc1Br. The van der Waals surface area contributed by atoms with E-state index in [1.54, 1.807) is 18.2 Å². The summed E-state index contributed by atoms with van der Waals surface area (Å²) in [5.41, 5.74) is 1.13. The molecule has 2 aromatic carbocycles. The van der Waals surface area contributed by atoms with Crippen molar-refractivity contribution in [2.24, 2.45) is 0 Å². The zero-order chi connectivity index (χ0) is 14.9. The number of aryl methyl sites for hydroxylation is 2. The average molecular weight is 340 g/mol. The van der Waals surface area contributed by atoms with Gasteiger partial charge in [-0.05, 0) is 43.2 Å². The lowest BCUT2D eigenvalue weighted by Crippen LogP contribution is -2.15. The van der Waals surface area contributed by atoms with Crippen molar-refractivity contribution in [1.29, 1.82) is 0 Å². The van der Waals surface area contributed by atoms with Gasteiger partial charge in [-0.1, -0.05) is 28.1 Å². The number of hydrogen-bond acceptors (Lipinski definition) is 1. The number of carbonyl (C=O) groups excluding carboxylic acids is 1. The maximum Gasteiger partial charge on any atom is 0.255 e. The fourth-order valence-electron chi connectivity index (χ4n) is 1.69. The van der Waals surface area contributed by atoms with Gasteiger partial charge in [-0.3, -0.25) is 4.79 Å². The lowest BCUT2D eigenvalue weighted by atomic mass is 10.1. The third kappa shape index (κ3) is 2.88. The van der Waals surface area contributed by atoms with Gasteiger partial charge in [0.05, 0.1) is 0 Å². The molecule has 0 unspecified atom stereocenters. The number of nitrogens with one attached hydrogen (secondary N) is 1. The molecule has 0 aliphatic rings. The van der Waals surface area contributed by atoms with Gasteiger partial charge in [-0.2, -0.15) is 0 Å². The van der Waals surface area contributed by atoms with E-state index in [0.29, 0.717) is 5.56 Å². The highest BCUT2D eigenvalue weighted by Crippen LogP contribution is 2.23. The van der Waals surface area contributed by atoms with Crippen LogP contribution in [0.2, 0.25) is 0 Å². The molecule has 2 nitrogen and oxygen atoms in total. The first kappa shape index (κ1) is 14.7. The van der Waals surface area contributed by atoms with Crippen molar-refractivity contribution in [3.05, 3.63) is 63.1 Å². The van der Waals surface area contributed by atoms with E-state index in [0.717, 1.165) is 16.1 Å². The van der Waals surface area contributed by atoms with E-state index >= 15 is 0 Å². The van der Waals surface area contributed by atoms with Crippen LogP contribution >= 0.6 is 15.9 Å². The van der Waals surface area contributed by atoms with Crippen molar-refractivity contribution in [2.75, 3.05) is 5.32 Å². The van der Waals surface area contributed by atoms with Gasteiger partial charge in [-0.15, -0.1) is 0 Å². The molecule has 0 saturated carbocycles. The van der Waals surface area contributed by atoms with Crippen LogP contribution in [0, 0.1) is 25.5 Å². The van der Waals surface area contributed by atoms with Gasteiger partial charge >= 0.3 is 0 Å². The van der Waals surface area contributed by atoms with Crippen molar-refractivity contribution in [2.45, 2.75) is 13.8 Å². The zero-order valence-electron chi connectivity index (χ0n) is 10.9. The normalized spacial score (nSPS) is 10.4. The second kappa shape index (κ2) is 5.71. The highest BCUT2D eigenvalue weighted by Gasteiger charge is 2.15. The van der Waals surface area contributed by atoms with E-state index in [1.165, 1.54) is 13.0 Å². The van der Waals surface area contributed by atoms with Crippen LogP contribution in [0.4, 0.5) is 14.5 Å². The molecule has 0 spiro atoms. The van der Waals surface area contributed by atoms with Crippen LogP contribution in [0.1, 0.15) is 21.5 Å². The molecule has 0 fully saturated rings. The first-order valence-electron chi connectivity index (χ1n) is 5.92. The van der Waals surface area contributed by atoms with E-state index < -0.39 is 23.2 Å². The fraction of sp³-hybridized carbons (Fsp3) is 0.133. The monoisotopic (exact) mass is 339 g/mol. The lowest BCUT2D eigenvalue weighted by Gasteiger charge is -2.10. The summed E-state index contributed by atoms with van der Waals surface area (Å²) in [5.74, 6) is -2.12. The van der Waals surface area contributed by atoms with Crippen LogP contribution in [-0.2, 0) is 0 Å². The third-order valence-corrected chi connectivity index (χ3v) is 3.81. The summed E-state index contributed by atoms with van der Waals surface area (Å²) < 4.78 is 28.2. The number of hydrogen-bond donors (Lipinski definition) is 1. The number of rotatable bonds is 2. The number of carbonyl (C=O) groups is 1. The summed E-state index contributed by atoms with van der Waals surface area (Å²) in [5, 5.41) is 2.27. The molecule has 2 aromatic rings. The molecule has 0 heterocycles. The first-order chi connectivity index (χ1) is 9.40. The first-order valence-corrected chi connectivity index (χ1v) is 6.71. The molecule has 2 rings (SSSR count). The minimum Gasteiger partial charge on any atom is -0.317 e. The molecule has 0 aromatic heterocycles. The summed E-state index contributed by atoms with van der Waals surface area (Å²) in [4.78, 5) is 12.0. The quantitative estimate of drug-likeness (QED) is 0.851. The molecule has 0 radical (unpaired) electrons. The summed E-state index contributed by atoms with van der Waals surface area (Å²) >= 11 is 3.31. The predicted molar refractivity (Wildman–Crippen MR) is 77.9 cm³/mol. The maximum absolute atomic E-state index is 13.8. The van der Waals surface area contributed by atoms with Gasteiger partial charge in [0.1, 0.15) is 11.5 Å². The van der Waals surface area contributed by atoms with Gasteiger partial charge in [0.15, 0.2) is 5.82 Å². The van der Waals surface area contributed by atoms with Gasteiger partial charge < -0.3 is 5.32 Å². The minimum absolute atomic E-state index is 0.270. The molecule has 1 N–H and O–H groups in total. The lowest BCUT2D eigenvalue weighted by molar-refractivity contribution is 0.102. The van der Waals surface area contributed by atoms with Gasteiger partial charge in [0.25, 0.3) is 5.91 Å². The van der Waals surface area contributed by atoms with E-state index in [-0.39, 0.29) is 5.56 Å². The number of anilines is 1. The van der Waals surface area contributed by atoms with E-state index in [1.807, 2.05) is 6.92 Å². The molecule has 104 valence electrons.